The fourth-order valence-electron chi connectivity index (χ4n) is 3.15. The first-order chi connectivity index (χ1) is 13.9. The maximum Gasteiger partial charge on any atom is 0.321 e. The molecule has 0 bridgehead atoms. The fraction of sp³-hybridized carbons (Fsp3) is 0.300. The summed E-state index contributed by atoms with van der Waals surface area (Å²) in [7, 11) is 0. The van der Waals surface area contributed by atoms with Crippen LogP contribution < -0.4 is 10.6 Å². The van der Waals surface area contributed by atoms with E-state index >= 15 is 0 Å². The van der Waals surface area contributed by atoms with Crippen LogP contribution in [-0.4, -0.2) is 41.4 Å². The van der Waals surface area contributed by atoms with E-state index < -0.39 is 4.92 Å². The van der Waals surface area contributed by atoms with Crippen LogP contribution in [0.2, 0.25) is 0 Å². The molecule has 1 heterocycles. The summed E-state index contributed by atoms with van der Waals surface area (Å²) in [6.07, 6.45) is 1.49. The summed E-state index contributed by atoms with van der Waals surface area (Å²) in [5, 5.41) is 16.2. The Morgan fingerprint density at radius 1 is 1.07 bits per heavy atom. The van der Waals surface area contributed by atoms with Gasteiger partial charge in [-0.1, -0.05) is 0 Å². The van der Waals surface area contributed by atoms with Crippen LogP contribution in [0.15, 0.2) is 48.5 Å². The van der Waals surface area contributed by atoms with Gasteiger partial charge in [0.25, 0.3) is 11.6 Å². The van der Waals surface area contributed by atoms with Crippen molar-refractivity contribution >= 4 is 23.3 Å². The molecule has 1 aliphatic heterocycles. The molecule has 0 radical (unpaired) electrons. The molecule has 3 amide bonds. The molecule has 3 rings (SSSR count). The number of carbonyl (C=O) groups is 2. The number of hydrogen-bond acceptors (Lipinski definition) is 4. The van der Waals surface area contributed by atoms with E-state index in [1.807, 2.05) is 0 Å². The zero-order valence-electron chi connectivity index (χ0n) is 15.6. The molecule has 0 aromatic heterocycles. The van der Waals surface area contributed by atoms with Crippen molar-refractivity contribution in [2.45, 2.75) is 12.8 Å². The summed E-state index contributed by atoms with van der Waals surface area (Å²) in [6.45, 7) is 1.60. The molecule has 8 nitrogen and oxygen atoms in total. The summed E-state index contributed by atoms with van der Waals surface area (Å²) < 4.78 is 12.9. The average molecular weight is 400 g/mol. The number of carbonyl (C=O) groups excluding carboxylic acids is 2. The number of non-ortho nitro benzene ring substituents is 1. The van der Waals surface area contributed by atoms with Gasteiger partial charge in [-0.2, -0.15) is 0 Å². The minimum atomic E-state index is -0.512. The number of amides is 3. The number of rotatable bonds is 5. The van der Waals surface area contributed by atoms with Crippen LogP contribution in [-0.2, 0) is 0 Å². The van der Waals surface area contributed by atoms with Gasteiger partial charge < -0.3 is 15.5 Å². The molecule has 2 N–H and O–H groups in total. The first-order valence-electron chi connectivity index (χ1n) is 9.26. The molecule has 1 saturated heterocycles. The Balaban J connectivity index is 1.42. The number of nitrogens with one attached hydrogen (secondary N) is 2. The number of nitro groups is 1. The van der Waals surface area contributed by atoms with Crippen molar-refractivity contribution < 1.29 is 18.9 Å². The first-order valence-corrected chi connectivity index (χ1v) is 9.26. The zero-order chi connectivity index (χ0) is 20.8. The number of hydrogen-bond donors (Lipinski definition) is 2. The topological polar surface area (TPSA) is 105 Å². The van der Waals surface area contributed by atoms with Crippen molar-refractivity contribution in [2.75, 3.05) is 25.0 Å². The third-order valence-corrected chi connectivity index (χ3v) is 4.89. The van der Waals surface area contributed by atoms with Gasteiger partial charge in [-0.3, -0.25) is 14.9 Å². The van der Waals surface area contributed by atoms with Crippen molar-refractivity contribution in [3.05, 3.63) is 70.0 Å². The summed E-state index contributed by atoms with van der Waals surface area (Å²) in [4.78, 5) is 36.3. The predicted molar refractivity (Wildman–Crippen MR) is 105 cm³/mol. The number of benzene rings is 2. The third kappa shape index (κ3) is 5.50. The summed E-state index contributed by atoms with van der Waals surface area (Å²) in [5.74, 6) is -0.400. The molecule has 0 atom stereocenters. The quantitative estimate of drug-likeness (QED) is 0.593. The lowest BCUT2D eigenvalue weighted by Gasteiger charge is -2.32. The molecule has 1 fully saturated rings. The lowest BCUT2D eigenvalue weighted by Crippen LogP contribution is -2.43. The van der Waals surface area contributed by atoms with E-state index in [2.05, 4.69) is 10.6 Å². The van der Waals surface area contributed by atoms with Gasteiger partial charge in [0, 0.05) is 43.0 Å². The second-order valence-corrected chi connectivity index (χ2v) is 6.88. The van der Waals surface area contributed by atoms with Gasteiger partial charge in [0.1, 0.15) is 5.82 Å². The number of halogens is 1. The molecular weight excluding hydrogens is 379 g/mol. The van der Waals surface area contributed by atoms with Crippen molar-refractivity contribution in [3.8, 4) is 0 Å². The fourth-order valence-corrected chi connectivity index (χ4v) is 3.15. The number of nitro benzene ring substituents is 1. The van der Waals surface area contributed by atoms with Crippen molar-refractivity contribution in [2.24, 2.45) is 5.92 Å². The van der Waals surface area contributed by atoms with Gasteiger partial charge in [0.2, 0.25) is 0 Å². The van der Waals surface area contributed by atoms with Crippen LogP contribution in [0.5, 0.6) is 0 Å². The Labute approximate surface area is 166 Å². The van der Waals surface area contributed by atoms with E-state index in [4.69, 9.17) is 0 Å². The van der Waals surface area contributed by atoms with E-state index in [-0.39, 0.29) is 29.4 Å². The van der Waals surface area contributed by atoms with Gasteiger partial charge in [-0.15, -0.1) is 0 Å². The number of anilines is 1. The molecule has 2 aromatic rings. The Hall–Kier alpha value is -3.49. The number of nitrogens with zero attached hydrogens (tertiary/aromatic N) is 2. The highest BCUT2D eigenvalue weighted by Crippen LogP contribution is 2.18. The van der Waals surface area contributed by atoms with Crippen molar-refractivity contribution in [1.29, 1.82) is 0 Å². The second-order valence-electron chi connectivity index (χ2n) is 6.88. The molecule has 0 unspecified atom stereocenters. The molecule has 1 aliphatic rings. The summed E-state index contributed by atoms with van der Waals surface area (Å²) in [6, 6.07) is 10.8. The highest BCUT2D eigenvalue weighted by atomic mass is 19.1. The minimum Gasteiger partial charge on any atom is -0.352 e. The number of piperidine rings is 1. The summed E-state index contributed by atoms with van der Waals surface area (Å²) >= 11 is 0. The van der Waals surface area contributed by atoms with Crippen LogP contribution in [0.1, 0.15) is 23.2 Å². The summed E-state index contributed by atoms with van der Waals surface area (Å²) in [5.41, 5.74) is 0.841. The smallest absolute Gasteiger partial charge is 0.321 e. The van der Waals surface area contributed by atoms with Crippen molar-refractivity contribution in [3.63, 3.8) is 0 Å². The van der Waals surface area contributed by atoms with Crippen molar-refractivity contribution in [1.82, 2.24) is 10.2 Å². The van der Waals surface area contributed by atoms with E-state index in [1.54, 1.807) is 4.90 Å². The van der Waals surface area contributed by atoms with E-state index in [9.17, 15) is 24.1 Å². The second kappa shape index (κ2) is 9.13. The number of likely N-dealkylation sites (tertiary alicyclic amines) is 1. The monoisotopic (exact) mass is 400 g/mol. The first kappa shape index (κ1) is 20.2. The largest absolute Gasteiger partial charge is 0.352 e. The molecule has 0 saturated carbocycles. The molecular formula is C20H21FN4O4. The molecule has 0 spiro atoms. The molecule has 29 heavy (non-hydrogen) atoms. The third-order valence-electron chi connectivity index (χ3n) is 4.89. The molecule has 2 aromatic carbocycles. The maximum absolute atomic E-state index is 12.9. The Kier molecular flexibility index (Phi) is 6.38. The van der Waals surface area contributed by atoms with Gasteiger partial charge in [0.05, 0.1) is 4.92 Å². The SMILES string of the molecule is O=C(NCC1CCN(C(=O)Nc2ccc(F)cc2)CC1)c1ccc([N+](=O)[O-])cc1. The number of urea groups is 1. The predicted octanol–water partition coefficient (Wildman–Crippen LogP) is 3.41. The molecule has 0 aliphatic carbocycles. The van der Waals surface area contributed by atoms with Crippen LogP contribution in [0.4, 0.5) is 20.6 Å². The zero-order valence-corrected chi connectivity index (χ0v) is 15.6. The normalized spacial score (nSPS) is 14.3. The van der Waals surface area contributed by atoms with E-state index in [1.165, 1.54) is 48.5 Å². The maximum atomic E-state index is 12.9. The Morgan fingerprint density at radius 3 is 2.28 bits per heavy atom. The average Bonchev–Trinajstić information content (AvgIpc) is 2.74. The minimum absolute atomic E-state index is 0.0622. The lowest BCUT2D eigenvalue weighted by atomic mass is 9.97. The standard InChI is InChI=1S/C20H21FN4O4/c21-16-3-5-17(6-4-16)23-20(27)24-11-9-14(10-12-24)13-22-19(26)15-1-7-18(8-2-15)25(28)29/h1-8,14H,9-13H2,(H,22,26)(H,23,27). The van der Waals surface area contributed by atoms with E-state index in [0.29, 0.717) is 30.9 Å². The van der Waals surface area contributed by atoms with Crippen LogP contribution in [0.25, 0.3) is 0 Å². The van der Waals surface area contributed by atoms with E-state index in [0.717, 1.165) is 12.8 Å². The van der Waals surface area contributed by atoms with Crippen LogP contribution >= 0.6 is 0 Å². The van der Waals surface area contributed by atoms with Gasteiger partial charge in [-0.25, -0.2) is 9.18 Å². The van der Waals surface area contributed by atoms with Gasteiger partial charge >= 0.3 is 6.03 Å². The van der Waals surface area contributed by atoms with Gasteiger partial charge in [-0.05, 0) is 55.2 Å². The lowest BCUT2D eigenvalue weighted by molar-refractivity contribution is -0.384. The van der Waals surface area contributed by atoms with Crippen LogP contribution in [0.3, 0.4) is 0 Å². The molecule has 9 heteroatoms. The van der Waals surface area contributed by atoms with Gasteiger partial charge in [0.15, 0.2) is 0 Å². The Bertz CT molecular complexity index is 878. The molecule has 152 valence electrons. The highest BCUT2D eigenvalue weighted by molar-refractivity contribution is 5.94. The Morgan fingerprint density at radius 2 is 1.69 bits per heavy atom. The van der Waals surface area contributed by atoms with Crippen LogP contribution in [0, 0.1) is 21.8 Å². The highest BCUT2D eigenvalue weighted by Gasteiger charge is 2.23.